The molecular formula is C17H20N4O2S. The Bertz CT molecular complexity index is 888. The number of unbranched alkanes of at least 4 members (excludes halogenated alkanes) is 1. The molecule has 0 unspecified atom stereocenters. The van der Waals surface area contributed by atoms with Crippen LogP contribution in [0.3, 0.4) is 0 Å². The largest absolute Gasteiger partial charge is 0.338 e. The highest BCUT2D eigenvalue weighted by molar-refractivity contribution is 7.97. The molecule has 0 saturated carbocycles. The van der Waals surface area contributed by atoms with Crippen LogP contribution in [0.1, 0.15) is 42.9 Å². The third-order valence-electron chi connectivity index (χ3n) is 3.67. The molecule has 3 rings (SSSR count). The number of rotatable bonds is 7. The van der Waals surface area contributed by atoms with Gasteiger partial charge >= 0.3 is 0 Å². The van der Waals surface area contributed by atoms with E-state index in [0.29, 0.717) is 23.0 Å². The minimum absolute atomic E-state index is 0.0478. The molecule has 0 radical (unpaired) electrons. The summed E-state index contributed by atoms with van der Waals surface area (Å²) in [4.78, 5) is 21.2. The summed E-state index contributed by atoms with van der Waals surface area (Å²) in [6.07, 6.45) is 3.03. The Labute approximate surface area is 144 Å². The Morgan fingerprint density at radius 3 is 2.96 bits per heavy atom. The fraction of sp³-hybridized carbons (Fsp3) is 0.412. The molecule has 6 nitrogen and oxygen atoms in total. The van der Waals surface area contributed by atoms with Gasteiger partial charge in [0.1, 0.15) is 5.65 Å². The molecule has 0 saturated heterocycles. The molecule has 3 heterocycles. The molecule has 0 aromatic carbocycles. The van der Waals surface area contributed by atoms with E-state index in [1.54, 1.807) is 22.2 Å². The van der Waals surface area contributed by atoms with Crippen LogP contribution < -0.4 is 5.56 Å². The number of fused-ring (bicyclic) bond motifs is 1. The van der Waals surface area contributed by atoms with Crippen LogP contribution >= 0.6 is 11.8 Å². The fourth-order valence-corrected chi connectivity index (χ4v) is 3.22. The lowest BCUT2D eigenvalue weighted by atomic mass is 10.2. The van der Waals surface area contributed by atoms with Crippen LogP contribution in [0.15, 0.2) is 33.6 Å². The lowest BCUT2D eigenvalue weighted by Gasteiger charge is -2.05. The first-order valence-corrected chi connectivity index (χ1v) is 9.20. The van der Waals surface area contributed by atoms with Gasteiger partial charge in [-0.05, 0) is 25.5 Å². The summed E-state index contributed by atoms with van der Waals surface area (Å²) in [7, 11) is 0. The Hall–Kier alpha value is -2.15. The number of thioether (sulfide) groups is 1. The molecule has 3 aromatic heterocycles. The second-order valence-electron chi connectivity index (χ2n) is 5.65. The third-order valence-corrected chi connectivity index (χ3v) is 4.62. The molecule has 0 bridgehead atoms. The van der Waals surface area contributed by atoms with Gasteiger partial charge in [0.25, 0.3) is 5.56 Å². The number of pyridine rings is 1. The Morgan fingerprint density at radius 1 is 1.25 bits per heavy atom. The second-order valence-corrected chi connectivity index (χ2v) is 6.63. The van der Waals surface area contributed by atoms with Gasteiger partial charge in [-0.15, -0.1) is 11.8 Å². The summed E-state index contributed by atoms with van der Waals surface area (Å²) >= 11 is 1.61. The molecule has 0 N–H and O–H groups in total. The summed E-state index contributed by atoms with van der Waals surface area (Å²) in [6, 6.07) is 7.24. The predicted molar refractivity (Wildman–Crippen MR) is 94.1 cm³/mol. The average molecular weight is 344 g/mol. The first kappa shape index (κ1) is 16.7. The van der Waals surface area contributed by atoms with Crippen LogP contribution in [-0.2, 0) is 17.9 Å². The quantitative estimate of drug-likeness (QED) is 0.655. The van der Waals surface area contributed by atoms with Crippen molar-refractivity contribution in [3.63, 3.8) is 0 Å². The molecule has 0 spiro atoms. The summed E-state index contributed by atoms with van der Waals surface area (Å²) in [5, 5.41) is 3.98. The van der Waals surface area contributed by atoms with Crippen molar-refractivity contribution in [1.29, 1.82) is 0 Å². The molecule has 0 atom stereocenters. The van der Waals surface area contributed by atoms with Gasteiger partial charge in [-0.25, -0.2) is 4.98 Å². The lowest BCUT2D eigenvalue weighted by molar-refractivity contribution is 0.384. The molecule has 24 heavy (non-hydrogen) atoms. The maximum Gasteiger partial charge on any atom is 0.258 e. The van der Waals surface area contributed by atoms with Crippen molar-refractivity contribution in [2.45, 2.75) is 44.6 Å². The molecule has 0 aliphatic heterocycles. The van der Waals surface area contributed by atoms with Gasteiger partial charge in [-0.2, -0.15) is 4.98 Å². The normalized spacial score (nSPS) is 11.2. The summed E-state index contributed by atoms with van der Waals surface area (Å²) in [5.74, 6) is 2.64. The van der Waals surface area contributed by atoms with Gasteiger partial charge in [0.15, 0.2) is 5.82 Å². The van der Waals surface area contributed by atoms with Crippen LogP contribution in [-0.4, -0.2) is 19.5 Å². The van der Waals surface area contributed by atoms with E-state index in [2.05, 4.69) is 22.0 Å². The zero-order chi connectivity index (χ0) is 16.9. The Balaban J connectivity index is 1.64. The van der Waals surface area contributed by atoms with Crippen molar-refractivity contribution in [2.24, 2.45) is 0 Å². The number of aryl methyl sites for hydroxylation is 2. The summed E-state index contributed by atoms with van der Waals surface area (Å²) in [5.41, 5.74) is 2.28. The number of aromatic nitrogens is 4. The summed E-state index contributed by atoms with van der Waals surface area (Å²) < 4.78 is 6.86. The molecule has 126 valence electrons. The van der Waals surface area contributed by atoms with Gasteiger partial charge in [-0.3, -0.25) is 9.20 Å². The highest BCUT2D eigenvalue weighted by Gasteiger charge is 2.08. The molecule has 0 amide bonds. The van der Waals surface area contributed by atoms with Gasteiger partial charge in [0, 0.05) is 23.9 Å². The SMILES string of the molecule is CCCCc1noc(CSCc2cc(=O)n3c(C)cccc3n2)n1. The zero-order valence-electron chi connectivity index (χ0n) is 13.9. The maximum absolute atomic E-state index is 12.2. The standard InChI is InChI=1S/C17H20N4O2S/c1-3-4-7-14-19-16(23-20-14)11-24-10-13-9-17(22)21-12(2)6-5-8-15(21)18-13/h5-6,8-9H,3-4,7,10-11H2,1-2H3. The van der Waals surface area contributed by atoms with E-state index >= 15 is 0 Å². The topological polar surface area (TPSA) is 73.3 Å². The lowest BCUT2D eigenvalue weighted by Crippen LogP contribution is -2.17. The zero-order valence-corrected chi connectivity index (χ0v) is 14.7. The first-order chi connectivity index (χ1) is 11.7. The number of hydrogen-bond donors (Lipinski definition) is 0. The van der Waals surface area contributed by atoms with Crippen molar-refractivity contribution in [3.05, 3.63) is 57.7 Å². The van der Waals surface area contributed by atoms with Crippen molar-refractivity contribution < 1.29 is 4.52 Å². The van der Waals surface area contributed by atoms with Crippen molar-refractivity contribution >= 4 is 17.4 Å². The van der Waals surface area contributed by atoms with Gasteiger partial charge < -0.3 is 4.52 Å². The Morgan fingerprint density at radius 2 is 2.12 bits per heavy atom. The van der Waals surface area contributed by atoms with Crippen LogP contribution in [0, 0.1) is 6.92 Å². The molecule has 0 aliphatic rings. The van der Waals surface area contributed by atoms with E-state index in [1.165, 1.54) is 0 Å². The number of hydrogen-bond acceptors (Lipinski definition) is 6. The van der Waals surface area contributed by atoms with Crippen molar-refractivity contribution in [3.8, 4) is 0 Å². The molecule has 0 aliphatic carbocycles. The third kappa shape index (κ3) is 3.84. The smallest absolute Gasteiger partial charge is 0.258 e. The maximum atomic E-state index is 12.2. The van der Waals surface area contributed by atoms with Crippen LogP contribution in [0.25, 0.3) is 5.65 Å². The molecule has 0 fully saturated rings. The molecule has 3 aromatic rings. The van der Waals surface area contributed by atoms with Crippen LogP contribution in [0.4, 0.5) is 0 Å². The average Bonchev–Trinajstić information content (AvgIpc) is 3.00. The van der Waals surface area contributed by atoms with E-state index in [4.69, 9.17) is 4.52 Å². The van der Waals surface area contributed by atoms with E-state index in [0.717, 1.165) is 36.5 Å². The number of nitrogens with zero attached hydrogens (tertiary/aromatic N) is 4. The van der Waals surface area contributed by atoms with Gasteiger partial charge in [-0.1, -0.05) is 24.6 Å². The van der Waals surface area contributed by atoms with Crippen LogP contribution in [0.5, 0.6) is 0 Å². The molecular weight excluding hydrogens is 324 g/mol. The fourth-order valence-electron chi connectivity index (χ4n) is 2.47. The first-order valence-electron chi connectivity index (χ1n) is 8.05. The minimum atomic E-state index is -0.0478. The van der Waals surface area contributed by atoms with Gasteiger partial charge in [0.2, 0.25) is 5.89 Å². The van der Waals surface area contributed by atoms with E-state index in [-0.39, 0.29) is 5.56 Å². The van der Waals surface area contributed by atoms with E-state index in [9.17, 15) is 4.79 Å². The van der Waals surface area contributed by atoms with E-state index in [1.807, 2.05) is 25.1 Å². The second kappa shape index (κ2) is 7.61. The molecule has 7 heteroatoms. The predicted octanol–water partition coefficient (Wildman–Crippen LogP) is 3.16. The summed E-state index contributed by atoms with van der Waals surface area (Å²) in [6.45, 7) is 4.04. The van der Waals surface area contributed by atoms with Crippen molar-refractivity contribution in [1.82, 2.24) is 19.5 Å². The minimum Gasteiger partial charge on any atom is -0.338 e. The monoisotopic (exact) mass is 344 g/mol. The highest BCUT2D eigenvalue weighted by Crippen LogP contribution is 2.16. The highest BCUT2D eigenvalue weighted by atomic mass is 32.2. The van der Waals surface area contributed by atoms with Crippen molar-refractivity contribution in [2.75, 3.05) is 0 Å². The van der Waals surface area contributed by atoms with E-state index < -0.39 is 0 Å². The van der Waals surface area contributed by atoms with Crippen LogP contribution in [0.2, 0.25) is 0 Å². The van der Waals surface area contributed by atoms with Gasteiger partial charge in [0.05, 0.1) is 11.4 Å². The Kier molecular flexibility index (Phi) is 5.30.